The van der Waals surface area contributed by atoms with Gasteiger partial charge in [0.1, 0.15) is 0 Å². The van der Waals surface area contributed by atoms with Crippen LogP contribution in [0.4, 0.5) is 0 Å². The largest absolute Gasteiger partial charge is 0.305 e. The van der Waals surface area contributed by atoms with Crippen molar-refractivity contribution in [3.63, 3.8) is 0 Å². The van der Waals surface area contributed by atoms with Crippen LogP contribution < -0.4 is 5.19 Å². The maximum absolute atomic E-state index is 4.82. The van der Waals surface area contributed by atoms with E-state index in [0.717, 1.165) is 17.7 Å². The molecule has 3 aromatic rings. The Hall–Kier alpha value is -1.54. The van der Waals surface area contributed by atoms with Crippen molar-refractivity contribution in [2.75, 3.05) is 0 Å². The average molecular weight is 551 g/mol. The first-order chi connectivity index (χ1) is 12.3. The molecule has 27 heavy (non-hydrogen) atoms. The average Bonchev–Trinajstić information content (AvgIpc) is 2.61. The zero-order valence-corrected chi connectivity index (χ0v) is 20.2. The Bertz CT molecular complexity index is 882. The van der Waals surface area contributed by atoms with Crippen LogP contribution in [0.3, 0.4) is 0 Å². The Morgan fingerprint density at radius 3 is 2.30 bits per heavy atom. The first-order valence-electron chi connectivity index (χ1n) is 9.41. The van der Waals surface area contributed by atoms with Crippen molar-refractivity contribution < 1.29 is 20.1 Å². The predicted octanol–water partition coefficient (Wildman–Crippen LogP) is 5.96. The second-order valence-electron chi connectivity index (χ2n) is 8.43. The molecule has 0 unspecified atom stereocenters. The minimum absolute atomic E-state index is 0. The van der Waals surface area contributed by atoms with Gasteiger partial charge in [0, 0.05) is 26.3 Å². The number of benzene rings is 2. The van der Waals surface area contributed by atoms with Gasteiger partial charge in [-0.3, -0.25) is 0 Å². The van der Waals surface area contributed by atoms with E-state index in [4.69, 9.17) is 4.98 Å². The molecule has 0 aliphatic rings. The molecule has 2 aromatic carbocycles. The molecule has 0 atom stereocenters. The van der Waals surface area contributed by atoms with Gasteiger partial charge in [0.2, 0.25) is 0 Å². The quantitative estimate of drug-likeness (QED) is 0.282. The maximum Gasteiger partial charge on any atom is 0.0798 e. The Morgan fingerprint density at radius 1 is 0.963 bits per heavy atom. The molecule has 3 rings (SSSR count). The first-order valence-corrected chi connectivity index (χ1v) is 12.9. The summed E-state index contributed by atoms with van der Waals surface area (Å²) < 4.78 is 0. The molecule has 1 nitrogen and oxygen atoms in total. The molecule has 0 saturated carbocycles. The summed E-state index contributed by atoms with van der Waals surface area (Å²) in [7, 11) is -1.40. The van der Waals surface area contributed by atoms with E-state index >= 15 is 0 Å². The van der Waals surface area contributed by atoms with Gasteiger partial charge in [0.15, 0.2) is 0 Å². The fraction of sp³-hybridized carbons (Fsp3) is 0.292. The molecule has 0 bridgehead atoms. The summed E-state index contributed by atoms with van der Waals surface area (Å²) in [6, 6.07) is 22.5. The number of rotatable bonds is 5. The molecule has 1 aromatic heterocycles. The van der Waals surface area contributed by atoms with Gasteiger partial charge >= 0.3 is 0 Å². The van der Waals surface area contributed by atoms with Crippen LogP contribution >= 0.6 is 0 Å². The van der Waals surface area contributed by atoms with Crippen LogP contribution in [0.15, 0.2) is 60.8 Å². The molecule has 0 aliphatic carbocycles. The third kappa shape index (κ3) is 5.48. The van der Waals surface area contributed by atoms with Crippen molar-refractivity contribution in [3.8, 4) is 22.4 Å². The number of aromatic nitrogens is 1. The van der Waals surface area contributed by atoms with Crippen molar-refractivity contribution in [3.05, 3.63) is 72.4 Å². The van der Waals surface area contributed by atoms with E-state index in [1.54, 1.807) is 0 Å². The van der Waals surface area contributed by atoms with Gasteiger partial charge in [0.05, 0.1) is 8.07 Å². The normalized spacial score (nSPS) is 11.3. The molecule has 0 amide bonds. The Balaban J connectivity index is 0.00000261. The first kappa shape index (κ1) is 21.8. The minimum atomic E-state index is -1.40. The van der Waals surface area contributed by atoms with Gasteiger partial charge in [-0.25, -0.2) is 0 Å². The summed E-state index contributed by atoms with van der Waals surface area (Å²) in [6.45, 7) is 11.8. The molecular formula is C24H28IrNSi-. The van der Waals surface area contributed by atoms with E-state index in [2.05, 4.69) is 88.2 Å². The van der Waals surface area contributed by atoms with Crippen LogP contribution in [0.1, 0.15) is 19.4 Å². The second-order valence-corrected chi connectivity index (χ2v) is 13.5. The van der Waals surface area contributed by atoms with Gasteiger partial charge < -0.3 is 4.98 Å². The summed E-state index contributed by atoms with van der Waals surface area (Å²) in [5.41, 5.74) is 5.99. The van der Waals surface area contributed by atoms with Crippen LogP contribution in [-0.2, 0) is 26.5 Å². The number of hydrogen-bond donors (Lipinski definition) is 0. The third-order valence-corrected chi connectivity index (χ3v) is 6.68. The van der Waals surface area contributed by atoms with E-state index < -0.39 is 8.07 Å². The van der Waals surface area contributed by atoms with Crippen molar-refractivity contribution >= 4 is 13.3 Å². The molecule has 0 N–H and O–H groups in total. The third-order valence-electron chi connectivity index (χ3n) is 4.61. The summed E-state index contributed by atoms with van der Waals surface area (Å²) in [5.74, 6) is 0.639. The molecule has 143 valence electrons. The van der Waals surface area contributed by atoms with Crippen LogP contribution in [0.2, 0.25) is 19.6 Å². The summed E-state index contributed by atoms with van der Waals surface area (Å²) in [4.78, 5) is 4.82. The van der Waals surface area contributed by atoms with E-state index in [9.17, 15) is 0 Å². The van der Waals surface area contributed by atoms with E-state index in [1.807, 2.05) is 12.1 Å². The Kier molecular flexibility index (Phi) is 7.33. The zero-order chi connectivity index (χ0) is 18.7. The maximum atomic E-state index is 4.82. The van der Waals surface area contributed by atoms with Crippen LogP contribution in [0, 0.1) is 12.0 Å². The molecule has 0 aliphatic heterocycles. The monoisotopic (exact) mass is 551 g/mol. The van der Waals surface area contributed by atoms with Gasteiger partial charge in [-0.05, 0) is 28.8 Å². The second kappa shape index (κ2) is 9.10. The van der Waals surface area contributed by atoms with Crippen LogP contribution in [0.25, 0.3) is 22.4 Å². The Morgan fingerprint density at radius 2 is 1.67 bits per heavy atom. The molecule has 3 heteroatoms. The molecule has 1 radical (unpaired) electrons. The zero-order valence-electron chi connectivity index (χ0n) is 16.8. The number of nitrogens with zero attached hydrogens (tertiary/aromatic N) is 1. The SMILES string of the molecule is CC(C)Cc1cc(-c2[c-]ccc(-c3ccccc3)c2)ncc1[Si](C)(C)C.[Ir]. The minimum Gasteiger partial charge on any atom is -0.305 e. The molecule has 0 fully saturated rings. The Labute approximate surface area is 178 Å². The fourth-order valence-corrected chi connectivity index (χ4v) is 4.94. The van der Waals surface area contributed by atoms with Gasteiger partial charge in [-0.15, -0.1) is 35.4 Å². The van der Waals surface area contributed by atoms with E-state index in [-0.39, 0.29) is 20.1 Å². The summed E-state index contributed by atoms with van der Waals surface area (Å²) >= 11 is 0. The van der Waals surface area contributed by atoms with Crippen molar-refractivity contribution in [1.82, 2.24) is 4.98 Å². The van der Waals surface area contributed by atoms with Crippen molar-refractivity contribution in [2.24, 2.45) is 5.92 Å². The number of hydrogen-bond acceptors (Lipinski definition) is 1. The molecule has 1 heterocycles. The van der Waals surface area contributed by atoms with Gasteiger partial charge in [-0.2, -0.15) is 0 Å². The van der Waals surface area contributed by atoms with Crippen LogP contribution in [0.5, 0.6) is 0 Å². The molecule has 0 spiro atoms. The van der Waals surface area contributed by atoms with E-state index in [1.165, 1.54) is 21.9 Å². The summed E-state index contributed by atoms with van der Waals surface area (Å²) in [6.07, 6.45) is 3.23. The molecule has 0 saturated heterocycles. The molecular weight excluding hydrogens is 523 g/mol. The van der Waals surface area contributed by atoms with Crippen LogP contribution in [-0.4, -0.2) is 13.1 Å². The smallest absolute Gasteiger partial charge is 0.0798 e. The van der Waals surface area contributed by atoms with E-state index in [0.29, 0.717) is 5.92 Å². The van der Waals surface area contributed by atoms with Gasteiger partial charge in [-0.1, -0.05) is 75.5 Å². The van der Waals surface area contributed by atoms with Crippen molar-refractivity contribution in [1.29, 1.82) is 0 Å². The van der Waals surface area contributed by atoms with Gasteiger partial charge in [0.25, 0.3) is 0 Å². The fourth-order valence-electron chi connectivity index (χ4n) is 3.35. The topological polar surface area (TPSA) is 12.9 Å². The standard InChI is InChI=1S/C24H28NSi.Ir/c1-18(2)14-22-16-23(25-17-24(22)26(3,4)5)21-13-9-12-20(15-21)19-10-7-6-8-11-19;/h6-12,15-18H,14H2,1-5H3;/q-1;. The predicted molar refractivity (Wildman–Crippen MR) is 115 cm³/mol. The summed E-state index contributed by atoms with van der Waals surface area (Å²) in [5, 5.41) is 1.48. The number of pyridine rings is 1. The van der Waals surface area contributed by atoms with Crippen molar-refractivity contribution in [2.45, 2.75) is 39.9 Å².